The Kier molecular flexibility index (Phi) is 3.76. The van der Waals surface area contributed by atoms with Crippen molar-refractivity contribution in [2.45, 2.75) is 19.0 Å². The molecular formula is C11H15FN2O2S. The molecule has 0 radical (unpaired) electrons. The number of benzene rings is 1. The predicted octanol–water partition coefficient (Wildman–Crippen LogP) is 0.607. The van der Waals surface area contributed by atoms with E-state index in [9.17, 15) is 12.8 Å². The molecule has 1 fully saturated rings. The van der Waals surface area contributed by atoms with Crippen LogP contribution in [0, 0.1) is 5.82 Å². The van der Waals surface area contributed by atoms with Crippen LogP contribution in [0.2, 0.25) is 0 Å². The molecule has 0 saturated carbocycles. The standard InChI is InChI=1S/C11H15FN2O2S/c12-10-3-1-9(2-4-10)7-14-17(15,16)8-11-5-6-13-11/h1-4,11,13-14H,5-8H2. The van der Waals surface area contributed by atoms with Crippen LogP contribution in [0.5, 0.6) is 0 Å². The van der Waals surface area contributed by atoms with Gasteiger partial charge in [-0.25, -0.2) is 17.5 Å². The first-order valence-corrected chi connectivity index (χ1v) is 7.15. The van der Waals surface area contributed by atoms with Gasteiger partial charge in [0.25, 0.3) is 0 Å². The molecular weight excluding hydrogens is 243 g/mol. The third-order valence-corrected chi connectivity index (χ3v) is 4.18. The second kappa shape index (κ2) is 5.12. The van der Waals surface area contributed by atoms with E-state index in [0.29, 0.717) is 0 Å². The highest BCUT2D eigenvalue weighted by molar-refractivity contribution is 7.89. The SMILES string of the molecule is O=S(=O)(CC1CCN1)NCc1ccc(F)cc1. The van der Waals surface area contributed by atoms with Crippen LogP contribution in [0.1, 0.15) is 12.0 Å². The van der Waals surface area contributed by atoms with Crippen molar-refractivity contribution in [1.82, 2.24) is 10.0 Å². The lowest BCUT2D eigenvalue weighted by atomic mass is 10.1. The van der Waals surface area contributed by atoms with Gasteiger partial charge in [0, 0.05) is 12.6 Å². The van der Waals surface area contributed by atoms with Crippen LogP contribution in [0.25, 0.3) is 0 Å². The van der Waals surface area contributed by atoms with E-state index in [2.05, 4.69) is 10.0 Å². The van der Waals surface area contributed by atoms with E-state index >= 15 is 0 Å². The zero-order chi connectivity index (χ0) is 12.3. The molecule has 0 amide bonds. The van der Waals surface area contributed by atoms with E-state index in [1.807, 2.05) is 0 Å². The largest absolute Gasteiger partial charge is 0.313 e. The highest BCUT2D eigenvalue weighted by Crippen LogP contribution is 2.06. The lowest BCUT2D eigenvalue weighted by Crippen LogP contribution is -2.49. The summed E-state index contributed by atoms with van der Waals surface area (Å²) < 4.78 is 38.4. The number of rotatable bonds is 5. The number of nitrogens with one attached hydrogen (secondary N) is 2. The number of hydrogen-bond donors (Lipinski definition) is 2. The Morgan fingerprint density at radius 1 is 1.35 bits per heavy atom. The lowest BCUT2D eigenvalue weighted by Gasteiger charge is -2.27. The molecule has 1 aliphatic rings. The van der Waals surface area contributed by atoms with E-state index in [0.717, 1.165) is 18.5 Å². The summed E-state index contributed by atoms with van der Waals surface area (Å²) >= 11 is 0. The zero-order valence-electron chi connectivity index (χ0n) is 9.32. The Hall–Kier alpha value is -0.980. The first kappa shape index (κ1) is 12.5. The molecule has 0 aromatic heterocycles. The van der Waals surface area contributed by atoms with E-state index in [1.165, 1.54) is 12.1 Å². The minimum Gasteiger partial charge on any atom is -0.313 e. The molecule has 1 aromatic rings. The lowest BCUT2D eigenvalue weighted by molar-refractivity contribution is 0.397. The van der Waals surface area contributed by atoms with E-state index in [-0.39, 0.29) is 24.2 Å². The van der Waals surface area contributed by atoms with Gasteiger partial charge in [0.1, 0.15) is 5.82 Å². The summed E-state index contributed by atoms with van der Waals surface area (Å²) in [5.41, 5.74) is 0.747. The van der Waals surface area contributed by atoms with Gasteiger partial charge in [0.2, 0.25) is 10.0 Å². The Labute approximate surface area is 100 Å². The molecule has 0 aliphatic carbocycles. The summed E-state index contributed by atoms with van der Waals surface area (Å²) in [5, 5.41) is 3.04. The number of hydrogen-bond acceptors (Lipinski definition) is 3. The number of sulfonamides is 1. The van der Waals surface area contributed by atoms with Crippen molar-refractivity contribution in [1.29, 1.82) is 0 Å². The molecule has 1 unspecified atom stereocenters. The third kappa shape index (κ3) is 3.76. The van der Waals surface area contributed by atoms with E-state index < -0.39 is 10.0 Å². The minimum atomic E-state index is -3.26. The fourth-order valence-corrected chi connectivity index (χ4v) is 2.93. The van der Waals surface area contributed by atoms with Crippen molar-refractivity contribution in [2.24, 2.45) is 0 Å². The smallest absolute Gasteiger partial charge is 0.213 e. The summed E-state index contributed by atoms with van der Waals surface area (Å²) in [7, 11) is -3.26. The maximum absolute atomic E-state index is 12.6. The van der Waals surface area contributed by atoms with Gasteiger partial charge in [-0.1, -0.05) is 12.1 Å². The van der Waals surface area contributed by atoms with Crippen molar-refractivity contribution in [3.8, 4) is 0 Å². The molecule has 1 aliphatic heterocycles. The van der Waals surface area contributed by atoms with Gasteiger partial charge in [-0.05, 0) is 30.7 Å². The summed E-state index contributed by atoms with van der Waals surface area (Å²) in [6, 6.07) is 5.84. The number of halogens is 1. The average molecular weight is 258 g/mol. The third-order valence-electron chi connectivity index (χ3n) is 2.76. The average Bonchev–Trinajstić information content (AvgIpc) is 2.23. The van der Waals surface area contributed by atoms with Crippen LogP contribution in [-0.2, 0) is 16.6 Å². The second-order valence-corrected chi connectivity index (χ2v) is 6.02. The van der Waals surface area contributed by atoms with Crippen molar-refractivity contribution in [2.75, 3.05) is 12.3 Å². The molecule has 6 heteroatoms. The second-order valence-electron chi connectivity index (χ2n) is 4.17. The molecule has 1 aromatic carbocycles. The van der Waals surface area contributed by atoms with E-state index in [4.69, 9.17) is 0 Å². The van der Waals surface area contributed by atoms with Gasteiger partial charge >= 0.3 is 0 Å². The molecule has 0 spiro atoms. The Bertz CT molecular complexity index is 469. The van der Waals surface area contributed by atoms with Crippen LogP contribution in [-0.4, -0.2) is 26.8 Å². The molecule has 4 nitrogen and oxygen atoms in total. The Morgan fingerprint density at radius 3 is 2.53 bits per heavy atom. The van der Waals surface area contributed by atoms with Crippen LogP contribution in [0.3, 0.4) is 0 Å². The van der Waals surface area contributed by atoms with Crippen molar-refractivity contribution in [3.05, 3.63) is 35.6 Å². The normalized spacial score (nSPS) is 19.9. The summed E-state index contributed by atoms with van der Waals surface area (Å²) in [4.78, 5) is 0. The summed E-state index contributed by atoms with van der Waals surface area (Å²) in [6.45, 7) is 1.09. The van der Waals surface area contributed by atoms with Gasteiger partial charge in [0.15, 0.2) is 0 Å². The topological polar surface area (TPSA) is 58.2 Å². The molecule has 94 valence electrons. The van der Waals surface area contributed by atoms with Crippen LogP contribution < -0.4 is 10.0 Å². The molecule has 0 bridgehead atoms. The van der Waals surface area contributed by atoms with Gasteiger partial charge in [0.05, 0.1) is 5.75 Å². The van der Waals surface area contributed by atoms with Gasteiger partial charge in [-0.2, -0.15) is 0 Å². The highest BCUT2D eigenvalue weighted by Gasteiger charge is 2.23. The fourth-order valence-electron chi connectivity index (χ4n) is 1.61. The monoisotopic (exact) mass is 258 g/mol. The zero-order valence-corrected chi connectivity index (χ0v) is 10.1. The molecule has 1 saturated heterocycles. The molecule has 1 heterocycles. The summed E-state index contributed by atoms with van der Waals surface area (Å²) in [6.07, 6.45) is 0.900. The maximum atomic E-state index is 12.6. The first-order chi connectivity index (χ1) is 8.05. The molecule has 17 heavy (non-hydrogen) atoms. The molecule has 2 N–H and O–H groups in total. The van der Waals surface area contributed by atoms with Gasteiger partial charge in [-0.15, -0.1) is 0 Å². The highest BCUT2D eigenvalue weighted by atomic mass is 32.2. The Morgan fingerprint density at radius 2 is 2.00 bits per heavy atom. The predicted molar refractivity (Wildman–Crippen MR) is 63.4 cm³/mol. The molecule has 2 rings (SSSR count). The van der Waals surface area contributed by atoms with Crippen LogP contribution >= 0.6 is 0 Å². The minimum absolute atomic E-state index is 0.0701. The molecule has 1 atom stereocenters. The quantitative estimate of drug-likeness (QED) is 0.813. The van der Waals surface area contributed by atoms with Crippen molar-refractivity contribution >= 4 is 10.0 Å². The van der Waals surface area contributed by atoms with Crippen molar-refractivity contribution in [3.63, 3.8) is 0 Å². The van der Waals surface area contributed by atoms with Crippen LogP contribution in [0.4, 0.5) is 4.39 Å². The van der Waals surface area contributed by atoms with E-state index in [1.54, 1.807) is 12.1 Å². The van der Waals surface area contributed by atoms with Gasteiger partial charge < -0.3 is 5.32 Å². The summed E-state index contributed by atoms with van der Waals surface area (Å²) in [5.74, 6) is -0.218. The first-order valence-electron chi connectivity index (χ1n) is 5.50. The maximum Gasteiger partial charge on any atom is 0.213 e. The van der Waals surface area contributed by atoms with Crippen LogP contribution in [0.15, 0.2) is 24.3 Å². The van der Waals surface area contributed by atoms with Crippen molar-refractivity contribution < 1.29 is 12.8 Å². The van der Waals surface area contributed by atoms with Gasteiger partial charge in [-0.3, -0.25) is 0 Å². The Balaban J connectivity index is 1.86. The fraction of sp³-hybridized carbons (Fsp3) is 0.455.